The zero-order valence-electron chi connectivity index (χ0n) is 10.2. The SMILES string of the molecule is Clc1ccc(C[n+]2ccc3ccccc3c2)cc1Cl. The summed E-state index contributed by atoms with van der Waals surface area (Å²) in [6.45, 7) is 0.779. The van der Waals surface area contributed by atoms with Gasteiger partial charge in [0.1, 0.15) is 0 Å². The first-order valence-corrected chi connectivity index (χ1v) is 6.80. The fourth-order valence-electron chi connectivity index (χ4n) is 2.13. The van der Waals surface area contributed by atoms with Crippen LogP contribution in [0.4, 0.5) is 0 Å². The van der Waals surface area contributed by atoms with Crippen LogP contribution >= 0.6 is 23.2 Å². The molecule has 1 nitrogen and oxygen atoms in total. The van der Waals surface area contributed by atoms with Crippen molar-refractivity contribution < 1.29 is 4.57 Å². The monoisotopic (exact) mass is 288 g/mol. The summed E-state index contributed by atoms with van der Waals surface area (Å²) in [6.07, 6.45) is 4.21. The minimum atomic E-state index is 0.592. The van der Waals surface area contributed by atoms with Gasteiger partial charge in [-0.2, -0.15) is 0 Å². The van der Waals surface area contributed by atoms with Gasteiger partial charge in [0.2, 0.25) is 0 Å². The van der Waals surface area contributed by atoms with Crippen LogP contribution in [0.15, 0.2) is 60.9 Å². The first-order valence-electron chi connectivity index (χ1n) is 6.04. The lowest BCUT2D eigenvalue weighted by Crippen LogP contribution is -2.33. The number of hydrogen-bond donors (Lipinski definition) is 0. The summed E-state index contributed by atoms with van der Waals surface area (Å²) in [4.78, 5) is 0. The number of hydrogen-bond acceptors (Lipinski definition) is 0. The second kappa shape index (κ2) is 5.20. The third-order valence-corrected chi connectivity index (χ3v) is 3.83. The number of pyridine rings is 1. The zero-order chi connectivity index (χ0) is 13.2. The summed E-state index contributed by atoms with van der Waals surface area (Å²) >= 11 is 12.0. The van der Waals surface area contributed by atoms with Crippen LogP contribution in [0, 0.1) is 0 Å². The highest BCUT2D eigenvalue weighted by atomic mass is 35.5. The van der Waals surface area contributed by atoms with Gasteiger partial charge in [-0.1, -0.05) is 47.5 Å². The van der Waals surface area contributed by atoms with Crippen molar-refractivity contribution in [2.24, 2.45) is 0 Å². The van der Waals surface area contributed by atoms with E-state index in [0.29, 0.717) is 10.0 Å². The third kappa shape index (κ3) is 2.73. The molecule has 3 heteroatoms. The smallest absolute Gasteiger partial charge is 0.176 e. The van der Waals surface area contributed by atoms with Gasteiger partial charge in [-0.05, 0) is 23.6 Å². The van der Waals surface area contributed by atoms with E-state index in [0.717, 1.165) is 12.1 Å². The molecular formula is C16H12Cl2N+. The Kier molecular flexibility index (Phi) is 3.41. The first kappa shape index (κ1) is 12.5. The van der Waals surface area contributed by atoms with Gasteiger partial charge in [0.15, 0.2) is 18.9 Å². The van der Waals surface area contributed by atoms with E-state index in [2.05, 4.69) is 35.2 Å². The molecule has 0 aliphatic carbocycles. The largest absolute Gasteiger partial charge is 0.200 e. The molecule has 3 rings (SSSR count). The van der Waals surface area contributed by atoms with Gasteiger partial charge in [-0.15, -0.1) is 0 Å². The lowest BCUT2D eigenvalue weighted by Gasteiger charge is -2.01. The second-order valence-electron chi connectivity index (χ2n) is 4.49. The lowest BCUT2D eigenvalue weighted by molar-refractivity contribution is -0.687. The van der Waals surface area contributed by atoms with Crippen molar-refractivity contribution in [1.29, 1.82) is 0 Å². The van der Waals surface area contributed by atoms with Crippen molar-refractivity contribution in [1.82, 2.24) is 0 Å². The van der Waals surface area contributed by atoms with Crippen molar-refractivity contribution >= 4 is 34.0 Å². The Morgan fingerprint density at radius 2 is 1.63 bits per heavy atom. The quantitative estimate of drug-likeness (QED) is 0.612. The molecule has 0 atom stereocenters. The fraction of sp³-hybridized carbons (Fsp3) is 0.0625. The Balaban J connectivity index is 1.94. The number of benzene rings is 2. The predicted octanol–water partition coefficient (Wildman–Crippen LogP) is 4.48. The van der Waals surface area contributed by atoms with Gasteiger partial charge in [0.25, 0.3) is 0 Å². The van der Waals surface area contributed by atoms with Gasteiger partial charge in [-0.25, -0.2) is 4.57 Å². The molecule has 0 spiro atoms. The van der Waals surface area contributed by atoms with Crippen molar-refractivity contribution in [2.45, 2.75) is 6.54 Å². The van der Waals surface area contributed by atoms with E-state index in [1.807, 2.05) is 30.3 Å². The maximum Gasteiger partial charge on any atom is 0.176 e. The van der Waals surface area contributed by atoms with E-state index in [1.165, 1.54) is 10.8 Å². The van der Waals surface area contributed by atoms with E-state index in [-0.39, 0.29) is 0 Å². The van der Waals surface area contributed by atoms with Crippen LogP contribution in [0.3, 0.4) is 0 Å². The Hall–Kier alpha value is -1.57. The van der Waals surface area contributed by atoms with E-state index in [4.69, 9.17) is 23.2 Å². The Morgan fingerprint density at radius 3 is 2.42 bits per heavy atom. The summed E-state index contributed by atoms with van der Waals surface area (Å²) in [7, 11) is 0. The fourth-order valence-corrected chi connectivity index (χ4v) is 2.45. The molecule has 3 aromatic rings. The molecule has 0 aliphatic rings. The Labute approximate surface area is 122 Å². The molecular weight excluding hydrogens is 277 g/mol. The average Bonchev–Trinajstić information content (AvgIpc) is 2.43. The first-order chi connectivity index (χ1) is 9.22. The molecule has 0 aliphatic heterocycles. The van der Waals surface area contributed by atoms with Gasteiger partial charge in [0, 0.05) is 17.0 Å². The molecule has 1 heterocycles. The highest BCUT2D eigenvalue weighted by Crippen LogP contribution is 2.22. The van der Waals surface area contributed by atoms with E-state index >= 15 is 0 Å². The summed E-state index contributed by atoms with van der Waals surface area (Å²) < 4.78 is 2.14. The van der Waals surface area contributed by atoms with Gasteiger partial charge in [0.05, 0.1) is 10.0 Å². The maximum atomic E-state index is 6.03. The van der Waals surface area contributed by atoms with Gasteiger partial charge >= 0.3 is 0 Å². The van der Waals surface area contributed by atoms with E-state index < -0.39 is 0 Å². The van der Waals surface area contributed by atoms with Crippen LogP contribution in [-0.2, 0) is 6.54 Å². The molecule has 0 saturated heterocycles. The van der Waals surface area contributed by atoms with Crippen molar-refractivity contribution in [2.75, 3.05) is 0 Å². The third-order valence-electron chi connectivity index (χ3n) is 3.10. The molecule has 0 fully saturated rings. The molecule has 0 radical (unpaired) electrons. The average molecular weight is 289 g/mol. The minimum Gasteiger partial charge on any atom is -0.200 e. The molecule has 0 unspecified atom stereocenters. The number of halogens is 2. The highest BCUT2D eigenvalue weighted by Gasteiger charge is 2.06. The molecule has 1 aromatic heterocycles. The van der Waals surface area contributed by atoms with Crippen LogP contribution in [0.5, 0.6) is 0 Å². The molecule has 19 heavy (non-hydrogen) atoms. The number of aromatic nitrogens is 1. The summed E-state index contributed by atoms with van der Waals surface area (Å²) in [5.74, 6) is 0. The molecule has 0 N–H and O–H groups in total. The normalized spacial score (nSPS) is 10.8. The molecule has 0 bridgehead atoms. The Morgan fingerprint density at radius 1 is 0.842 bits per heavy atom. The summed E-state index contributed by atoms with van der Waals surface area (Å²) in [6, 6.07) is 16.2. The second-order valence-corrected chi connectivity index (χ2v) is 5.31. The molecule has 94 valence electrons. The zero-order valence-corrected chi connectivity index (χ0v) is 11.7. The van der Waals surface area contributed by atoms with Crippen molar-refractivity contribution in [3.8, 4) is 0 Å². The van der Waals surface area contributed by atoms with E-state index in [1.54, 1.807) is 0 Å². The summed E-state index contributed by atoms with van der Waals surface area (Å²) in [5, 5.41) is 3.66. The molecule has 0 amide bonds. The van der Waals surface area contributed by atoms with Crippen molar-refractivity contribution in [3.63, 3.8) is 0 Å². The van der Waals surface area contributed by atoms with Crippen molar-refractivity contribution in [3.05, 3.63) is 76.5 Å². The standard InChI is InChI=1S/C16H12Cl2N/c17-15-6-5-12(9-16(15)18)10-19-8-7-13-3-1-2-4-14(13)11-19/h1-9,11H,10H2/q+1. The topological polar surface area (TPSA) is 3.88 Å². The highest BCUT2D eigenvalue weighted by molar-refractivity contribution is 6.42. The maximum absolute atomic E-state index is 6.03. The molecule has 2 aromatic carbocycles. The van der Waals surface area contributed by atoms with Crippen LogP contribution in [0.2, 0.25) is 10.0 Å². The van der Waals surface area contributed by atoms with Crippen LogP contribution < -0.4 is 4.57 Å². The Bertz CT molecular complexity index is 738. The van der Waals surface area contributed by atoms with Gasteiger partial charge in [-0.3, -0.25) is 0 Å². The molecule has 0 saturated carbocycles. The van der Waals surface area contributed by atoms with Crippen LogP contribution in [0.1, 0.15) is 5.56 Å². The minimum absolute atomic E-state index is 0.592. The number of nitrogens with zero attached hydrogens (tertiary/aromatic N) is 1. The number of fused-ring (bicyclic) bond motifs is 1. The predicted molar refractivity (Wildman–Crippen MR) is 79.7 cm³/mol. The van der Waals surface area contributed by atoms with Crippen LogP contribution in [-0.4, -0.2) is 0 Å². The lowest BCUT2D eigenvalue weighted by atomic mass is 10.1. The summed E-state index contributed by atoms with van der Waals surface area (Å²) in [5.41, 5.74) is 1.13. The van der Waals surface area contributed by atoms with Gasteiger partial charge < -0.3 is 0 Å². The van der Waals surface area contributed by atoms with E-state index in [9.17, 15) is 0 Å². The number of rotatable bonds is 2. The van der Waals surface area contributed by atoms with Crippen LogP contribution in [0.25, 0.3) is 10.8 Å².